The van der Waals surface area contributed by atoms with Crippen molar-refractivity contribution >= 4 is 20.2 Å². The SMILES string of the molecule is FCF.O=S(=O)(CS(=O)(=O)OCF)OF. The van der Waals surface area contributed by atoms with Gasteiger partial charge in [0, 0.05) is 0 Å². The van der Waals surface area contributed by atoms with Crippen LogP contribution in [0.2, 0.25) is 0 Å². The molecule has 0 N–H and O–H groups in total. The second-order valence-electron chi connectivity index (χ2n) is 1.62. The highest BCUT2D eigenvalue weighted by atomic mass is 32.3. The first-order valence-corrected chi connectivity index (χ1v) is 5.98. The third kappa shape index (κ3) is 11.5. The van der Waals surface area contributed by atoms with Crippen molar-refractivity contribution < 1.29 is 43.1 Å². The molecule has 94 valence electrons. The smallest absolute Gasteiger partial charge is 0.235 e. The summed E-state index contributed by atoms with van der Waals surface area (Å²) in [4.78, 5) is 0. The van der Waals surface area contributed by atoms with Gasteiger partial charge in [-0.2, -0.15) is 16.8 Å². The number of alkyl halides is 3. The Labute approximate surface area is 82.9 Å². The van der Waals surface area contributed by atoms with Crippen molar-refractivity contribution in [2.45, 2.75) is 0 Å². The number of hydrogen-bond donors (Lipinski definition) is 0. The van der Waals surface area contributed by atoms with E-state index in [-0.39, 0.29) is 0 Å². The molecule has 15 heavy (non-hydrogen) atoms. The lowest BCUT2D eigenvalue weighted by Gasteiger charge is -1.98. The van der Waals surface area contributed by atoms with E-state index in [9.17, 15) is 34.5 Å². The number of rotatable bonds is 5. The maximum Gasteiger partial charge on any atom is 0.314 e. The minimum absolute atomic E-state index is 1.72. The number of hydrogen-bond acceptors (Lipinski definition) is 6. The van der Waals surface area contributed by atoms with Gasteiger partial charge in [0.2, 0.25) is 18.9 Å². The van der Waals surface area contributed by atoms with Gasteiger partial charge in [0.25, 0.3) is 10.1 Å². The molecule has 0 saturated carbocycles. The van der Waals surface area contributed by atoms with E-state index in [4.69, 9.17) is 0 Å². The van der Waals surface area contributed by atoms with Crippen LogP contribution >= 0.6 is 0 Å². The van der Waals surface area contributed by atoms with Gasteiger partial charge >= 0.3 is 10.1 Å². The Morgan fingerprint density at radius 1 is 0.933 bits per heavy atom. The molecule has 0 rings (SSSR count). The molecular formula is C3H6F4O6S2. The molecular weight excluding hydrogens is 272 g/mol. The van der Waals surface area contributed by atoms with E-state index in [0.717, 1.165) is 0 Å². The van der Waals surface area contributed by atoms with Crippen LogP contribution in [0.4, 0.5) is 17.7 Å². The molecule has 0 aromatic rings. The van der Waals surface area contributed by atoms with Gasteiger partial charge in [-0.25, -0.2) is 17.4 Å². The van der Waals surface area contributed by atoms with Gasteiger partial charge in [-0.15, -0.1) is 0 Å². The second kappa shape index (κ2) is 7.78. The predicted octanol–water partition coefficient (Wildman–Crippen LogP) is 0.331. The fraction of sp³-hybridized carbons (Fsp3) is 1.00. The Kier molecular flexibility index (Phi) is 8.80. The van der Waals surface area contributed by atoms with E-state index in [1.165, 1.54) is 0 Å². The Bertz CT molecular complexity index is 335. The van der Waals surface area contributed by atoms with Crippen molar-refractivity contribution in [3.8, 4) is 0 Å². The first-order chi connectivity index (χ1) is 6.74. The van der Waals surface area contributed by atoms with Crippen molar-refractivity contribution in [1.29, 1.82) is 0 Å². The highest BCUT2D eigenvalue weighted by Gasteiger charge is 2.24. The highest BCUT2D eigenvalue weighted by molar-refractivity contribution is 8.03. The summed E-state index contributed by atoms with van der Waals surface area (Å²) in [6.45, 7) is -3.47. The normalized spacial score (nSPS) is 11.7. The molecule has 0 radical (unpaired) electrons. The van der Waals surface area contributed by atoms with E-state index >= 15 is 0 Å². The topological polar surface area (TPSA) is 86.7 Å². The summed E-state index contributed by atoms with van der Waals surface area (Å²) in [5, 5.41) is -1.76. The molecule has 0 amide bonds. The van der Waals surface area contributed by atoms with Crippen LogP contribution in [0, 0.1) is 0 Å². The maximum absolute atomic E-state index is 11.2. The van der Waals surface area contributed by atoms with Crippen molar-refractivity contribution in [3.63, 3.8) is 0 Å². The average Bonchev–Trinajstić information content (AvgIpc) is 2.03. The lowest BCUT2D eigenvalue weighted by atomic mass is 11.6. The van der Waals surface area contributed by atoms with E-state index in [1.807, 2.05) is 0 Å². The molecule has 0 aliphatic heterocycles. The summed E-state index contributed by atoms with van der Waals surface area (Å²) in [5.74, 6) is 0. The average molecular weight is 278 g/mol. The molecule has 12 heteroatoms. The zero-order chi connectivity index (χ0) is 12.5. The molecule has 0 aliphatic rings. The van der Waals surface area contributed by atoms with Crippen LogP contribution < -0.4 is 0 Å². The van der Waals surface area contributed by atoms with Crippen molar-refractivity contribution in [3.05, 3.63) is 0 Å². The molecule has 6 nitrogen and oxygen atoms in total. The van der Waals surface area contributed by atoms with Crippen LogP contribution in [0.15, 0.2) is 0 Å². The van der Waals surface area contributed by atoms with Gasteiger partial charge in [0.05, 0.1) is 0 Å². The van der Waals surface area contributed by atoms with Crippen LogP contribution in [-0.2, 0) is 28.8 Å². The van der Waals surface area contributed by atoms with Gasteiger partial charge < -0.3 is 0 Å². The lowest BCUT2D eigenvalue weighted by molar-refractivity contribution is 0.00366. The minimum Gasteiger partial charge on any atom is -0.235 e. The quantitative estimate of drug-likeness (QED) is 0.532. The molecule has 0 aliphatic carbocycles. The summed E-state index contributed by atoms with van der Waals surface area (Å²) in [5.41, 5.74) is 0. The van der Waals surface area contributed by atoms with Crippen LogP contribution in [0.25, 0.3) is 0 Å². The standard InChI is InChI=1S/C2H4F2O6S2.CH2F2/c3-1-9-11(5,6)2-12(7,8)10-4;2-1-3/h1-2H2;1H2. The Hall–Kier alpha value is -0.460. The van der Waals surface area contributed by atoms with Gasteiger partial charge in [-0.1, -0.05) is 4.39 Å². The van der Waals surface area contributed by atoms with E-state index in [2.05, 4.69) is 8.57 Å². The molecule has 0 aromatic carbocycles. The largest absolute Gasteiger partial charge is 0.314 e. The lowest BCUT2D eigenvalue weighted by Crippen LogP contribution is -2.18. The second-order valence-corrected chi connectivity index (χ2v) is 5.16. The molecule has 0 fully saturated rings. The fourth-order valence-corrected chi connectivity index (χ4v) is 2.26. The van der Waals surface area contributed by atoms with Gasteiger partial charge in [-0.3, -0.25) is 0 Å². The Morgan fingerprint density at radius 3 is 1.60 bits per heavy atom. The summed E-state index contributed by atoms with van der Waals surface area (Å²) >= 11 is 0. The van der Waals surface area contributed by atoms with E-state index in [0.29, 0.717) is 0 Å². The predicted molar refractivity (Wildman–Crippen MR) is 39.0 cm³/mol. The first kappa shape index (κ1) is 17.0. The Balaban J connectivity index is 0. The molecule has 0 heterocycles. The fourth-order valence-electron chi connectivity index (χ4n) is 0.297. The van der Waals surface area contributed by atoms with Gasteiger partial charge in [0.1, 0.15) is 0 Å². The molecule has 0 spiro atoms. The zero-order valence-corrected chi connectivity index (χ0v) is 8.53. The molecule has 0 aromatic heterocycles. The maximum atomic E-state index is 11.2. The monoisotopic (exact) mass is 278 g/mol. The summed E-state index contributed by atoms with van der Waals surface area (Å²) < 4.78 is 88.0. The van der Waals surface area contributed by atoms with Crippen LogP contribution in [0.3, 0.4) is 0 Å². The summed E-state index contributed by atoms with van der Waals surface area (Å²) in [6, 6.07) is 0. The minimum atomic E-state index is -4.85. The van der Waals surface area contributed by atoms with Crippen molar-refractivity contribution in [2.24, 2.45) is 0 Å². The van der Waals surface area contributed by atoms with E-state index in [1.54, 1.807) is 0 Å². The Morgan fingerprint density at radius 2 is 1.33 bits per heavy atom. The van der Waals surface area contributed by atoms with Crippen LogP contribution in [0.5, 0.6) is 0 Å². The van der Waals surface area contributed by atoms with Crippen LogP contribution in [-0.4, -0.2) is 35.7 Å². The highest BCUT2D eigenvalue weighted by Crippen LogP contribution is 2.02. The molecule has 0 bridgehead atoms. The van der Waals surface area contributed by atoms with E-state index < -0.39 is 39.1 Å². The van der Waals surface area contributed by atoms with Crippen LogP contribution in [0.1, 0.15) is 0 Å². The van der Waals surface area contributed by atoms with Crippen molar-refractivity contribution in [1.82, 2.24) is 0 Å². The molecule has 0 saturated heterocycles. The summed E-state index contributed by atoms with van der Waals surface area (Å²) in [7, 11) is -9.48. The van der Waals surface area contributed by atoms with Gasteiger partial charge in [-0.05, 0) is 4.53 Å². The zero-order valence-electron chi connectivity index (χ0n) is 6.90. The van der Waals surface area contributed by atoms with Gasteiger partial charge in [0.15, 0.2) is 0 Å². The molecule has 0 atom stereocenters. The first-order valence-electron chi connectivity index (χ1n) is 2.82. The number of halogens is 4. The third-order valence-corrected chi connectivity index (χ3v) is 3.56. The summed E-state index contributed by atoms with van der Waals surface area (Å²) in [6.07, 6.45) is 0. The third-order valence-electron chi connectivity index (χ3n) is 0.609. The van der Waals surface area contributed by atoms with Crippen molar-refractivity contribution in [2.75, 3.05) is 18.9 Å². The molecule has 0 unspecified atom stereocenters.